The second-order valence-electron chi connectivity index (χ2n) is 4.05. The molecule has 0 spiro atoms. The average Bonchev–Trinajstić information content (AvgIpc) is 2.41. The van der Waals surface area contributed by atoms with Crippen molar-refractivity contribution in [1.82, 2.24) is 4.98 Å². The van der Waals surface area contributed by atoms with Crippen molar-refractivity contribution in [3.05, 3.63) is 58.3 Å². The van der Waals surface area contributed by atoms with Crippen LogP contribution in [0.1, 0.15) is 11.3 Å². The van der Waals surface area contributed by atoms with E-state index in [9.17, 15) is 4.79 Å². The van der Waals surface area contributed by atoms with Crippen LogP contribution in [0.3, 0.4) is 0 Å². The number of nitrogens with two attached hydrogens (primary N) is 1. The van der Waals surface area contributed by atoms with Crippen molar-refractivity contribution >= 4 is 27.6 Å². The summed E-state index contributed by atoms with van der Waals surface area (Å²) in [7, 11) is 0. The SMILES string of the molecule is Nc1ccc(CC(=O)OCc2ccc(Br)cn2)cc1. The Hall–Kier alpha value is -1.88. The van der Waals surface area contributed by atoms with Gasteiger partial charge in [-0.1, -0.05) is 12.1 Å². The molecule has 0 saturated heterocycles. The van der Waals surface area contributed by atoms with Gasteiger partial charge in [-0.15, -0.1) is 0 Å². The van der Waals surface area contributed by atoms with Crippen LogP contribution < -0.4 is 5.73 Å². The van der Waals surface area contributed by atoms with E-state index in [4.69, 9.17) is 10.5 Å². The molecule has 2 N–H and O–H groups in total. The first kappa shape index (κ1) is 13.5. The number of hydrogen-bond acceptors (Lipinski definition) is 4. The van der Waals surface area contributed by atoms with Gasteiger partial charge in [0.15, 0.2) is 0 Å². The van der Waals surface area contributed by atoms with Crippen molar-refractivity contribution in [3.8, 4) is 0 Å². The highest BCUT2D eigenvalue weighted by Gasteiger charge is 2.05. The molecule has 0 atom stereocenters. The largest absolute Gasteiger partial charge is 0.459 e. The van der Waals surface area contributed by atoms with Crippen LogP contribution in [-0.4, -0.2) is 11.0 Å². The first-order chi connectivity index (χ1) is 9.13. The fourth-order valence-corrected chi connectivity index (χ4v) is 1.73. The second kappa shape index (κ2) is 6.33. The van der Waals surface area contributed by atoms with E-state index in [1.54, 1.807) is 24.4 Å². The van der Waals surface area contributed by atoms with Crippen LogP contribution in [0, 0.1) is 0 Å². The van der Waals surface area contributed by atoms with Crippen LogP contribution in [0.25, 0.3) is 0 Å². The molecule has 19 heavy (non-hydrogen) atoms. The van der Waals surface area contributed by atoms with Gasteiger partial charge in [-0.3, -0.25) is 9.78 Å². The number of carbonyl (C=O) groups is 1. The third-order valence-corrected chi connectivity index (χ3v) is 2.97. The van der Waals surface area contributed by atoms with Gasteiger partial charge in [0.25, 0.3) is 0 Å². The van der Waals surface area contributed by atoms with Gasteiger partial charge in [-0.25, -0.2) is 0 Å². The third kappa shape index (κ3) is 4.37. The number of halogens is 1. The lowest BCUT2D eigenvalue weighted by molar-refractivity contribution is -0.144. The van der Waals surface area contributed by atoms with E-state index in [0.717, 1.165) is 10.0 Å². The number of nitrogens with zero attached hydrogens (tertiary/aromatic N) is 1. The molecule has 0 saturated carbocycles. The zero-order valence-corrected chi connectivity index (χ0v) is 11.8. The number of anilines is 1. The minimum atomic E-state index is -0.283. The van der Waals surface area contributed by atoms with E-state index in [1.807, 2.05) is 18.2 Å². The van der Waals surface area contributed by atoms with Crippen molar-refractivity contribution in [3.63, 3.8) is 0 Å². The maximum absolute atomic E-state index is 11.6. The highest BCUT2D eigenvalue weighted by atomic mass is 79.9. The Bertz CT molecular complexity index is 553. The smallest absolute Gasteiger partial charge is 0.310 e. The number of ether oxygens (including phenoxy) is 1. The highest BCUT2D eigenvalue weighted by molar-refractivity contribution is 9.10. The summed E-state index contributed by atoms with van der Waals surface area (Å²) < 4.78 is 6.05. The van der Waals surface area contributed by atoms with Crippen LogP contribution in [0.4, 0.5) is 5.69 Å². The van der Waals surface area contributed by atoms with Crippen molar-refractivity contribution in [2.75, 3.05) is 5.73 Å². The fourth-order valence-electron chi connectivity index (χ4n) is 1.50. The van der Waals surface area contributed by atoms with Crippen molar-refractivity contribution in [2.45, 2.75) is 13.0 Å². The molecule has 4 nitrogen and oxygen atoms in total. The lowest BCUT2D eigenvalue weighted by atomic mass is 10.1. The van der Waals surface area contributed by atoms with Gasteiger partial charge in [0.1, 0.15) is 6.61 Å². The number of nitrogen functional groups attached to an aromatic ring is 1. The molecule has 0 radical (unpaired) electrons. The molecule has 0 aliphatic carbocycles. The molecular formula is C14H13BrN2O2. The number of benzene rings is 1. The molecule has 5 heteroatoms. The predicted octanol–water partition coefficient (Wildman–Crippen LogP) is 2.71. The zero-order valence-electron chi connectivity index (χ0n) is 10.2. The first-order valence-electron chi connectivity index (χ1n) is 5.74. The van der Waals surface area contributed by atoms with E-state index in [1.165, 1.54) is 0 Å². The van der Waals surface area contributed by atoms with Crippen LogP contribution in [0.15, 0.2) is 47.1 Å². The average molecular weight is 321 g/mol. The summed E-state index contributed by atoms with van der Waals surface area (Å²) in [5, 5.41) is 0. The molecule has 2 rings (SSSR count). The molecule has 0 aliphatic rings. The molecular weight excluding hydrogens is 308 g/mol. The Morgan fingerprint density at radius 2 is 1.95 bits per heavy atom. The standard InChI is InChI=1S/C14H13BrN2O2/c15-11-3-6-13(17-8-11)9-19-14(18)7-10-1-4-12(16)5-2-10/h1-6,8H,7,9,16H2. The quantitative estimate of drug-likeness (QED) is 0.695. The fraction of sp³-hybridized carbons (Fsp3) is 0.143. The van der Waals surface area contributed by atoms with Crippen LogP contribution >= 0.6 is 15.9 Å². The molecule has 0 unspecified atom stereocenters. The maximum Gasteiger partial charge on any atom is 0.310 e. The van der Waals surface area contributed by atoms with Gasteiger partial charge in [-0.05, 0) is 45.8 Å². The molecule has 0 bridgehead atoms. The predicted molar refractivity (Wildman–Crippen MR) is 76.3 cm³/mol. The first-order valence-corrected chi connectivity index (χ1v) is 6.53. The summed E-state index contributed by atoms with van der Waals surface area (Å²) in [5.41, 5.74) is 7.85. The number of esters is 1. The summed E-state index contributed by atoms with van der Waals surface area (Å²) in [5.74, 6) is -0.283. The normalized spacial score (nSPS) is 10.2. The lowest BCUT2D eigenvalue weighted by Gasteiger charge is -2.05. The Labute approximate surface area is 119 Å². The van der Waals surface area contributed by atoms with Gasteiger partial charge >= 0.3 is 5.97 Å². The Morgan fingerprint density at radius 1 is 1.21 bits per heavy atom. The molecule has 0 amide bonds. The van der Waals surface area contributed by atoms with Crippen LogP contribution in [-0.2, 0) is 22.6 Å². The van der Waals surface area contributed by atoms with E-state index < -0.39 is 0 Å². The van der Waals surface area contributed by atoms with Gasteiger partial charge in [0, 0.05) is 16.4 Å². The van der Waals surface area contributed by atoms with Gasteiger partial charge in [0.05, 0.1) is 12.1 Å². The molecule has 2 aromatic rings. The number of hydrogen-bond donors (Lipinski definition) is 1. The van der Waals surface area contributed by atoms with Crippen molar-refractivity contribution in [2.24, 2.45) is 0 Å². The van der Waals surface area contributed by atoms with Gasteiger partial charge in [0.2, 0.25) is 0 Å². The Balaban J connectivity index is 1.84. The zero-order chi connectivity index (χ0) is 13.7. The summed E-state index contributed by atoms with van der Waals surface area (Å²) in [6.07, 6.45) is 1.90. The summed E-state index contributed by atoms with van der Waals surface area (Å²) in [4.78, 5) is 15.8. The topological polar surface area (TPSA) is 65.2 Å². The molecule has 98 valence electrons. The van der Waals surface area contributed by atoms with Crippen molar-refractivity contribution < 1.29 is 9.53 Å². The molecule has 1 aromatic carbocycles. The lowest BCUT2D eigenvalue weighted by Crippen LogP contribution is -2.08. The van der Waals surface area contributed by atoms with Crippen LogP contribution in [0.2, 0.25) is 0 Å². The van der Waals surface area contributed by atoms with E-state index >= 15 is 0 Å². The minimum Gasteiger partial charge on any atom is -0.459 e. The number of rotatable bonds is 4. The maximum atomic E-state index is 11.6. The summed E-state index contributed by atoms with van der Waals surface area (Å²) in [6, 6.07) is 10.8. The third-order valence-electron chi connectivity index (χ3n) is 2.50. The molecule has 0 aliphatic heterocycles. The van der Waals surface area contributed by atoms with E-state index in [2.05, 4.69) is 20.9 Å². The Kier molecular flexibility index (Phi) is 4.52. The van der Waals surface area contributed by atoms with E-state index in [-0.39, 0.29) is 19.0 Å². The molecule has 0 fully saturated rings. The molecule has 1 aromatic heterocycles. The van der Waals surface area contributed by atoms with Gasteiger partial charge < -0.3 is 10.5 Å². The number of aromatic nitrogens is 1. The monoisotopic (exact) mass is 320 g/mol. The van der Waals surface area contributed by atoms with Crippen LogP contribution in [0.5, 0.6) is 0 Å². The van der Waals surface area contributed by atoms with E-state index in [0.29, 0.717) is 11.4 Å². The Morgan fingerprint density at radius 3 is 2.58 bits per heavy atom. The molecule has 1 heterocycles. The second-order valence-corrected chi connectivity index (χ2v) is 4.96. The summed E-state index contributed by atoms with van der Waals surface area (Å²) in [6.45, 7) is 0.182. The van der Waals surface area contributed by atoms with Gasteiger partial charge in [-0.2, -0.15) is 0 Å². The number of carbonyl (C=O) groups excluding carboxylic acids is 1. The minimum absolute atomic E-state index is 0.182. The summed E-state index contributed by atoms with van der Waals surface area (Å²) >= 11 is 3.30. The number of pyridine rings is 1. The highest BCUT2D eigenvalue weighted by Crippen LogP contribution is 2.09. The van der Waals surface area contributed by atoms with Crippen molar-refractivity contribution in [1.29, 1.82) is 0 Å².